The van der Waals surface area contributed by atoms with E-state index >= 15 is 0 Å². The van der Waals surface area contributed by atoms with E-state index in [0.717, 1.165) is 0 Å². The molecular weight excluding hydrogens is 298 g/mol. The lowest BCUT2D eigenvalue weighted by Crippen LogP contribution is -1.98. The molecule has 0 radical (unpaired) electrons. The Balaban J connectivity index is 1.82. The van der Waals surface area contributed by atoms with Crippen molar-refractivity contribution in [1.29, 1.82) is 5.26 Å². The molecule has 0 saturated carbocycles. The first-order valence-corrected chi connectivity index (χ1v) is 6.62. The maximum absolute atomic E-state index is 10.9. The van der Waals surface area contributed by atoms with Gasteiger partial charge >= 0.3 is 5.97 Å². The number of carboxylic acids is 1. The van der Waals surface area contributed by atoms with E-state index < -0.39 is 5.97 Å². The quantitative estimate of drug-likeness (QED) is 0.710. The molecule has 114 valence electrons. The molecule has 0 bridgehead atoms. The van der Waals surface area contributed by atoms with E-state index in [2.05, 4.69) is 4.98 Å². The summed E-state index contributed by atoms with van der Waals surface area (Å²) in [6, 6.07) is 11.2. The Bertz CT molecular complexity index is 940. The lowest BCUT2D eigenvalue weighted by molar-refractivity contribution is 0.0697. The number of aromatic nitrogens is 1. The number of rotatable bonds is 4. The number of hydrogen-bond donors (Lipinski definition) is 2. The molecule has 3 rings (SSSR count). The first-order valence-electron chi connectivity index (χ1n) is 6.62. The van der Waals surface area contributed by atoms with Crippen LogP contribution in [0.25, 0.3) is 11.1 Å². The van der Waals surface area contributed by atoms with E-state index in [4.69, 9.17) is 25.3 Å². The zero-order valence-corrected chi connectivity index (χ0v) is 11.8. The number of oxazole rings is 1. The molecule has 0 aliphatic carbocycles. The molecule has 0 fully saturated rings. The van der Waals surface area contributed by atoms with Crippen molar-refractivity contribution in [3.8, 4) is 11.8 Å². The topological polar surface area (TPSA) is 122 Å². The third-order valence-electron chi connectivity index (χ3n) is 3.15. The van der Waals surface area contributed by atoms with Crippen LogP contribution in [0.15, 0.2) is 40.8 Å². The fourth-order valence-corrected chi connectivity index (χ4v) is 2.07. The lowest BCUT2D eigenvalue weighted by atomic mass is 10.2. The molecule has 0 spiro atoms. The molecule has 0 saturated heterocycles. The van der Waals surface area contributed by atoms with Gasteiger partial charge in [0, 0.05) is 5.69 Å². The van der Waals surface area contributed by atoms with Gasteiger partial charge in [-0.15, -0.1) is 0 Å². The number of nitrogen functional groups attached to an aromatic ring is 1. The van der Waals surface area contributed by atoms with Crippen molar-refractivity contribution in [3.05, 3.63) is 53.4 Å². The van der Waals surface area contributed by atoms with Gasteiger partial charge in [0.2, 0.25) is 5.89 Å². The first kappa shape index (κ1) is 14.4. The van der Waals surface area contributed by atoms with Crippen LogP contribution in [0, 0.1) is 11.3 Å². The van der Waals surface area contributed by atoms with Crippen LogP contribution in [0.1, 0.15) is 21.8 Å². The maximum Gasteiger partial charge on any atom is 0.335 e. The molecule has 0 aliphatic heterocycles. The number of nitrogens with zero attached hydrogens (tertiary/aromatic N) is 2. The number of carboxylic acid groups (broad SMARTS) is 1. The van der Waals surface area contributed by atoms with Gasteiger partial charge in [-0.25, -0.2) is 9.78 Å². The lowest BCUT2D eigenvalue weighted by Gasteiger charge is -2.05. The second kappa shape index (κ2) is 5.69. The predicted octanol–water partition coefficient (Wildman–Crippen LogP) is 2.56. The number of aromatic carboxylic acids is 1. The Hall–Kier alpha value is -3.53. The van der Waals surface area contributed by atoms with E-state index in [0.29, 0.717) is 28.1 Å². The average Bonchev–Trinajstić information content (AvgIpc) is 2.95. The molecule has 0 aliphatic rings. The highest BCUT2D eigenvalue weighted by molar-refractivity contribution is 5.91. The van der Waals surface area contributed by atoms with Gasteiger partial charge in [0.25, 0.3) is 0 Å². The summed E-state index contributed by atoms with van der Waals surface area (Å²) in [5.74, 6) is -0.389. The van der Waals surface area contributed by atoms with Crippen LogP contribution in [0.3, 0.4) is 0 Å². The van der Waals surface area contributed by atoms with Crippen molar-refractivity contribution in [2.24, 2.45) is 0 Å². The smallest absolute Gasteiger partial charge is 0.335 e. The van der Waals surface area contributed by atoms with Gasteiger partial charge in [-0.05, 0) is 36.4 Å². The largest absolute Gasteiger partial charge is 0.482 e. The van der Waals surface area contributed by atoms with Gasteiger partial charge in [0.1, 0.15) is 17.3 Å². The Morgan fingerprint density at radius 3 is 2.91 bits per heavy atom. The van der Waals surface area contributed by atoms with E-state index in [1.54, 1.807) is 18.2 Å². The third-order valence-corrected chi connectivity index (χ3v) is 3.15. The van der Waals surface area contributed by atoms with Gasteiger partial charge in [-0.2, -0.15) is 5.26 Å². The number of nitriles is 1. The number of ether oxygens (including phenoxy) is 1. The van der Waals surface area contributed by atoms with Crippen molar-refractivity contribution in [2.75, 3.05) is 5.73 Å². The molecule has 1 aromatic heterocycles. The van der Waals surface area contributed by atoms with E-state index in [1.807, 2.05) is 6.07 Å². The molecule has 3 aromatic rings. The fraction of sp³-hybridized carbons (Fsp3) is 0.0625. The second-order valence-corrected chi connectivity index (χ2v) is 4.75. The number of fused-ring (bicyclic) bond motifs is 1. The molecule has 23 heavy (non-hydrogen) atoms. The molecule has 1 heterocycles. The van der Waals surface area contributed by atoms with Gasteiger partial charge < -0.3 is 20.0 Å². The summed E-state index contributed by atoms with van der Waals surface area (Å²) in [5, 5.41) is 18.0. The minimum atomic E-state index is -1.04. The summed E-state index contributed by atoms with van der Waals surface area (Å²) in [6.45, 7) is 0.00961. The summed E-state index contributed by atoms with van der Waals surface area (Å²) in [6.07, 6.45) is 0. The number of carbonyl (C=O) groups is 1. The third kappa shape index (κ3) is 2.91. The van der Waals surface area contributed by atoms with Gasteiger partial charge in [0.05, 0.1) is 11.1 Å². The maximum atomic E-state index is 10.9. The predicted molar refractivity (Wildman–Crippen MR) is 80.9 cm³/mol. The monoisotopic (exact) mass is 309 g/mol. The second-order valence-electron chi connectivity index (χ2n) is 4.75. The first-order chi connectivity index (χ1) is 11.1. The highest BCUT2D eigenvalue weighted by Crippen LogP contribution is 2.23. The summed E-state index contributed by atoms with van der Waals surface area (Å²) in [5.41, 5.74) is 7.41. The van der Waals surface area contributed by atoms with Crippen LogP contribution in [-0.4, -0.2) is 16.1 Å². The Morgan fingerprint density at radius 2 is 2.17 bits per heavy atom. The van der Waals surface area contributed by atoms with Crippen molar-refractivity contribution < 1.29 is 19.1 Å². The fourth-order valence-electron chi connectivity index (χ4n) is 2.07. The van der Waals surface area contributed by atoms with Crippen LogP contribution in [0.4, 0.5) is 5.69 Å². The highest BCUT2D eigenvalue weighted by atomic mass is 16.5. The molecule has 2 aromatic carbocycles. The van der Waals surface area contributed by atoms with Crippen molar-refractivity contribution >= 4 is 22.8 Å². The minimum Gasteiger partial charge on any atom is -0.482 e. The van der Waals surface area contributed by atoms with Crippen molar-refractivity contribution in [3.63, 3.8) is 0 Å². The van der Waals surface area contributed by atoms with Gasteiger partial charge in [0.15, 0.2) is 12.2 Å². The molecule has 7 heteroatoms. The van der Waals surface area contributed by atoms with Crippen LogP contribution >= 0.6 is 0 Å². The molecule has 3 N–H and O–H groups in total. The van der Waals surface area contributed by atoms with Crippen LogP contribution in [0.2, 0.25) is 0 Å². The molecule has 0 unspecified atom stereocenters. The van der Waals surface area contributed by atoms with E-state index in [-0.39, 0.29) is 18.1 Å². The van der Waals surface area contributed by atoms with E-state index in [9.17, 15) is 4.79 Å². The number of benzene rings is 2. The van der Waals surface area contributed by atoms with Crippen LogP contribution in [0.5, 0.6) is 5.75 Å². The van der Waals surface area contributed by atoms with Crippen LogP contribution in [-0.2, 0) is 6.61 Å². The molecule has 0 amide bonds. The van der Waals surface area contributed by atoms with Gasteiger partial charge in [-0.3, -0.25) is 0 Å². The number of hydrogen-bond acceptors (Lipinski definition) is 6. The van der Waals surface area contributed by atoms with Gasteiger partial charge in [-0.1, -0.05) is 0 Å². The highest BCUT2D eigenvalue weighted by Gasteiger charge is 2.11. The summed E-state index contributed by atoms with van der Waals surface area (Å²) in [7, 11) is 0. The summed E-state index contributed by atoms with van der Waals surface area (Å²) in [4.78, 5) is 15.1. The zero-order chi connectivity index (χ0) is 16.4. The Kier molecular flexibility index (Phi) is 3.57. The van der Waals surface area contributed by atoms with Crippen LogP contribution < -0.4 is 10.5 Å². The van der Waals surface area contributed by atoms with Crippen molar-refractivity contribution in [2.45, 2.75) is 6.61 Å². The molecule has 0 atom stereocenters. The average molecular weight is 309 g/mol. The summed E-state index contributed by atoms with van der Waals surface area (Å²) < 4.78 is 11.0. The Labute approximate surface area is 130 Å². The molecular formula is C16H11N3O4. The molecule has 7 nitrogen and oxygen atoms in total. The Morgan fingerprint density at radius 1 is 1.35 bits per heavy atom. The number of anilines is 1. The number of nitrogens with two attached hydrogens (primary N) is 1. The zero-order valence-electron chi connectivity index (χ0n) is 11.8. The normalized spacial score (nSPS) is 10.4. The van der Waals surface area contributed by atoms with Crippen molar-refractivity contribution in [1.82, 2.24) is 4.98 Å². The summed E-state index contributed by atoms with van der Waals surface area (Å²) >= 11 is 0. The SMILES string of the molecule is N#Cc1cc(N)ccc1OCc1nc2ccc(C(=O)O)cc2o1. The standard InChI is InChI=1S/C16H11N3O4/c17-7-10-5-11(18)2-4-13(10)22-8-15-19-12-3-1-9(16(20)21)6-14(12)23-15/h1-6H,8,18H2,(H,20,21). The minimum absolute atomic E-state index is 0.00961. The van der Waals surface area contributed by atoms with E-state index in [1.165, 1.54) is 18.2 Å².